The third kappa shape index (κ3) is 5.32. The molecule has 3 rings (SSSR count). The number of benzene rings is 1. The minimum Gasteiger partial charge on any atom is -0.352 e. The van der Waals surface area contributed by atoms with Crippen LogP contribution in [0.4, 0.5) is 0 Å². The number of rotatable bonds is 7. The highest BCUT2D eigenvalue weighted by molar-refractivity contribution is 6.31. The van der Waals surface area contributed by atoms with Gasteiger partial charge >= 0.3 is 0 Å². The van der Waals surface area contributed by atoms with Crippen LogP contribution < -0.4 is 5.32 Å². The van der Waals surface area contributed by atoms with Crippen molar-refractivity contribution in [2.24, 2.45) is 5.92 Å². The third-order valence-electron chi connectivity index (χ3n) is 4.86. The van der Waals surface area contributed by atoms with Gasteiger partial charge in [0, 0.05) is 24.3 Å². The zero-order valence-electron chi connectivity index (χ0n) is 15.3. The molecule has 0 saturated carbocycles. The zero-order chi connectivity index (χ0) is 18.4. The van der Waals surface area contributed by atoms with E-state index in [-0.39, 0.29) is 5.91 Å². The number of carbonyl (C=O) groups excluding carboxylic acids is 1. The Morgan fingerprint density at radius 1 is 1.38 bits per heavy atom. The summed E-state index contributed by atoms with van der Waals surface area (Å²) in [4.78, 5) is 14.8. The van der Waals surface area contributed by atoms with Crippen LogP contribution in [0.25, 0.3) is 0 Å². The largest absolute Gasteiger partial charge is 0.352 e. The molecule has 1 aliphatic heterocycles. The van der Waals surface area contributed by atoms with Crippen molar-refractivity contribution in [2.45, 2.75) is 32.7 Å². The Bertz CT molecular complexity index is 730. The van der Waals surface area contributed by atoms with E-state index < -0.39 is 0 Å². The predicted molar refractivity (Wildman–Crippen MR) is 105 cm³/mol. The lowest BCUT2D eigenvalue weighted by Gasteiger charge is -2.30. The zero-order valence-corrected chi connectivity index (χ0v) is 16.1. The molecule has 0 aliphatic carbocycles. The van der Waals surface area contributed by atoms with Gasteiger partial charge in [0.05, 0.1) is 18.3 Å². The topological polar surface area (TPSA) is 50.2 Å². The predicted octanol–water partition coefficient (Wildman–Crippen LogP) is 3.44. The summed E-state index contributed by atoms with van der Waals surface area (Å²) in [6.07, 6.45) is 6.99. The van der Waals surface area contributed by atoms with Gasteiger partial charge in [-0.15, -0.1) is 0 Å². The second kappa shape index (κ2) is 9.19. The van der Waals surface area contributed by atoms with E-state index in [1.807, 2.05) is 24.3 Å². The maximum Gasteiger partial charge on any atom is 0.254 e. The molecule has 140 valence electrons. The van der Waals surface area contributed by atoms with Gasteiger partial charge in [0.1, 0.15) is 0 Å². The fourth-order valence-corrected chi connectivity index (χ4v) is 3.66. The van der Waals surface area contributed by atoms with E-state index in [4.69, 9.17) is 11.6 Å². The molecular weight excluding hydrogens is 348 g/mol. The second-order valence-electron chi connectivity index (χ2n) is 7.18. The van der Waals surface area contributed by atoms with Crippen LogP contribution in [-0.4, -0.2) is 46.8 Å². The highest BCUT2D eigenvalue weighted by Crippen LogP contribution is 2.16. The van der Waals surface area contributed by atoms with Crippen LogP contribution in [0, 0.1) is 5.92 Å². The highest BCUT2D eigenvalue weighted by Gasteiger charge is 2.15. The molecule has 0 spiro atoms. The van der Waals surface area contributed by atoms with Gasteiger partial charge in [0.25, 0.3) is 5.91 Å². The van der Waals surface area contributed by atoms with Crippen molar-refractivity contribution < 1.29 is 4.79 Å². The van der Waals surface area contributed by atoms with Gasteiger partial charge in [0.15, 0.2) is 0 Å². The summed E-state index contributed by atoms with van der Waals surface area (Å²) in [5, 5.41) is 7.98. The molecule has 1 aromatic carbocycles. The average molecular weight is 375 g/mol. The maximum absolute atomic E-state index is 12.3. The molecule has 1 unspecified atom stereocenters. The van der Waals surface area contributed by atoms with E-state index in [0.717, 1.165) is 24.4 Å². The lowest BCUT2D eigenvalue weighted by molar-refractivity contribution is 0.0950. The quantitative estimate of drug-likeness (QED) is 0.755. The molecule has 1 amide bonds. The number of carbonyl (C=O) groups is 1. The molecule has 0 bridgehead atoms. The number of piperidine rings is 1. The summed E-state index contributed by atoms with van der Waals surface area (Å²) in [5.74, 6) is 0.727. The molecule has 1 aliphatic rings. The Balaban J connectivity index is 1.42. The third-order valence-corrected chi connectivity index (χ3v) is 5.23. The summed E-state index contributed by atoms with van der Waals surface area (Å²) in [6, 6.07) is 7.67. The monoisotopic (exact) mass is 374 g/mol. The van der Waals surface area contributed by atoms with Gasteiger partial charge in [-0.25, -0.2) is 0 Å². The first-order chi connectivity index (χ1) is 12.6. The number of hydrogen-bond acceptors (Lipinski definition) is 3. The standard InChI is InChI=1S/C20H27ClN4O/c1-16-6-4-10-24(13-16)11-5-9-22-20(26)18-12-23-25(15-18)14-17-7-2-3-8-19(17)21/h2-3,7-8,12,15-16H,4-6,9-11,13-14H2,1H3,(H,22,26). The molecule has 1 fully saturated rings. The Morgan fingerprint density at radius 2 is 2.23 bits per heavy atom. The van der Waals surface area contributed by atoms with Crippen molar-refractivity contribution in [3.63, 3.8) is 0 Å². The average Bonchev–Trinajstić information content (AvgIpc) is 3.09. The minimum atomic E-state index is -0.0672. The number of nitrogens with zero attached hydrogens (tertiary/aromatic N) is 3. The highest BCUT2D eigenvalue weighted by atomic mass is 35.5. The van der Waals surface area contributed by atoms with Crippen LogP contribution in [0.15, 0.2) is 36.7 Å². The maximum atomic E-state index is 12.3. The van der Waals surface area contributed by atoms with Crippen LogP contribution in [0.3, 0.4) is 0 Å². The van der Waals surface area contributed by atoms with E-state index in [2.05, 4.69) is 22.2 Å². The molecular formula is C20H27ClN4O. The van der Waals surface area contributed by atoms with Gasteiger partial charge in [-0.05, 0) is 49.9 Å². The van der Waals surface area contributed by atoms with Crippen molar-refractivity contribution in [1.82, 2.24) is 20.0 Å². The number of nitrogens with one attached hydrogen (secondary N) is 1. The summed E-state index contributed by atoms with van der Waals surface area (Å²) in [5.41, 5.74) is 1.57. The van der Waals surface area contributed by atoms with Gasteiger partial charge in [-0.3, -0.25) is 9.48 Å². The molecule has 26 heavy (non-hydrogen) atoms. The normalized spacial score (nSPS) is 18.0. The van der Waals surface area contributed by atoms with Crippen molar-refractivity contribution in [2.75, 3.05) is 26.2 Å². The Hall–Kier alpha value is -1.85. The molecule has 2 aromatic rings. The van der Waals surface area contributed by atoms with E-state index in [9.17, 15) is 4.79 Å². The van der Waals surface area contributed by atoms with Gasteiger partial charge in [-0.2, -0.15) is 5.10 Å². The summed E-state index contributed by atoms with van der Waals surface area (Å²) in [6.45, 7) is 6.99. The lowest BCUT2D eigenvalue weighted by Crippen LogP contribution is -2.36. The fraction of sp³-hybridized carbons (Fsp3) is 0.500. The lowest BCUT2D eigenvalue weighted by atomic mass is 10.0. The van der Waals surface area contributed by atoms with E-state index >= 15 is 0 Å². The number of likely N-dealkylation sites (tertiary alicyclic amines) is 1. The number of halogens is 1. The van der Waals surface area contributed by atoms with E-state index in [1.54, 1.807) is 17.1 Å². The SMILES string of the molecule is CC1CCCN(CCCNC(=O)c2cnn(Cc3ccccc3Cl)c2)C1. The van der Waals surface area contributed by atoms with Crippen LogP contribution in [-0.2, 0) is 6.54 Å². The van der Waals surface area contributed by atoms with Crippen LogP contribution >= 0.6 is 11.6 Å². The summed E-state index contributed by atoms with van der Waals surface area (Å²) >= 11 is 6.18. The smallest absolute Gasteiger partial charge is 0.254 e. The molecule has 2 heterocycles. The fourth-order valence-electron chi connectivity index (χ4n) is 3.46. The first-order valence-electron chi connectivity index (χ1n) is 9.38. The molecule has 1 saturated heterocycles. The van der Waals surface area contributed by atoms with Gasteiger partial charge in [0.2, 0.25) is 0 Å². The number of amides is 1. The van der Waals surface area contributed by atoms with Crippen LogP contribution in [0.5, 0.6) is 0 Å². The molecule has 5 nitrogen and oxygen atoms in total. The molecule has 1 aromatic heterocycles. The van der Waals surface area contributed by atoms with Crippen LogP contribution in [0.2, 0.25) is 5.02 Å². The van der Waals surface area contributed by atoms with E-state index in [0.29, 0.717) is 23.7 Å². The second-order valence-corrected chi connectivity index (χ2v) is 7.58. The first-order valence-corrected chi connectivity index (χ1v) is 9.76. The van der Waals surface area contributed by atoms with Crippen molar-refractivity contribution in [3.8, 4) is 0 Å². The Kier molecular flexibility index (Phi) is 6.69. The summed E-state index contributed by atoms with van der Waals surface area (Å²) < 4.78 is 1.74. The number of hydrogen-bond donors (Lipinski definition) is 1. The van der Waals surface area contributed by atoms with Crippen LogP contribution in [0.1, 0.15) is 42.1 Å². The van der Waals surface area contributed by atoms with Crippen molar-refractivity contribution in [3.05, 3.63) is 52.8 Å². The Morgan fingerprint density at radius 3 is 3.04 bits per heavy atom. The molecule has 0 radical (unpaired) electrons. The van der Waals surface area contributed by atoms with E-state index in [1.165, 1.54) is 25.9 Å². The number of aromatic nitrogens is 2. The van der Waals surface area contributed by atoms with Crippen molar-refractivity contribution >= 4 is 17.5 Å². The minimum absolute atomic E-state index is 0.0672. The van der Waals surface area contributed by atoms with Crippen molar-refractivity contribution in [1.29, 1.82) is 0 Å². The molecule has 1 atom stereocenters. The molecule has 1 N–H and O–H groups in total. The molecule has 6 heteroatoms. The van der Waals surface area contributed by atoms with Gasteiger partial charge < -0.3 is 10.2 Å². The Labute approximate surface area is 160 Å². The van der Waals surface area contributed by atoms with Gasteiger partial charge in [-0.1, -0.05) is 36.7 Å². The summed E-state index contributed by atoms with van der Waals surface area (Å²) in [7, 11) is 0. The first kappa shape index (κ1) is 18.9.